The number of amides is 1. The van der Waals surface area contributed by atoms with Crippen LogP contribution in [0.2, 0.25) is 0 Å². The van der Waals surface area contributed by atoms with Crippen molar-refractivity contribution in [1.29, 1.82) is 0 Å². The van der Waals surface area contributed by atoms with E-state index in [4.69, 9.17) is 0 Å². The van der Waals surface area contributed by atoms with Gasteiger partial charge in [-0.2, -0.15) is 0 Å². The van der Waals surface area contributed by atoms with Crippen molar-refractivity contribution in [2.45, 2.75) is 51.5 Å². The maximum absolute atomic E-state index is 12.4. The Morgan fingerprint density at radius 1 is 1.10 bits per heavy atom. The lowest BCUT2D eigenvalue weighted by Gasteiger charge is -2.35. The van der Waals surface area contributed by atoms with Crippen molar-refractivity contribution in [2.75, 3.05) is 39.8 Å². The van der Waals surface area contributed by atoms with Crippen molar-refractivity contribution in [3.8, 4) is 0 Å². The van der Waals surface area contributed by atoms with Gasteiger partial charge in [-0.1, -0.05) is 12.8 Å². The second-order valence-corrected chi connectivity index (χ2v) is 6.49. The molecule has 0 bridgehead atoms. The average molecular weight is 281 g/mol. The number of likely N-dealkylation sites (tertiary alicyclic amines) is 2. The minimum Gasteiger partial charge on any atom is -0.342 e. The van der Waals surface area contributed by atoms with Gasteiger partial charge < -0.3 is 10.2 Å². The Kier molecular flexibility index (Phi) is 6.30. The summed E-state index contributed by atoms with van der Waals surface area (Å²) in [5.41, 5.74) is 0. The fourth-order valence-electron chi connectivity index (χ4n) is 3.46. The van der Waals surface area contributed by atoms with Gasteiger partial charge in [-0.05, 0) is 58.7 Å². The molecule has 1 amide bonds. The van der Waals surface area contributed by atoms with Crippen LogP contribution in [-0.2, 0) is 4.79 Å². The Balaban J connectivity index is 1.73. The molecule has 0 aliphatic carbocycles. The molecular weight excluding hydrogens is 250 g/mol. The summed E-state index contributed by atoms with van der Waals surface area (Å²) in [5.74, 6) is 1.12. The van der Waals surface area contributed by atoms with Gasteiger partial charge in [0.15, 0.2) is 0 Å². The SMILES string of the molecule is CNC(C)C1CCN(CC(=O)N2CCCCCC2)CC1. The molecule has 2 fully saturated rings. The zero-order valence-corrected chi connectivity index (χ0v) is 13.2. The second kappa shape index (κ2) is 7.99. The smallest absolute Gasteiger partial charge is 0.236 e. The van der Waals surface area contributed by atoms with E-state index in [0.717, 1.165) is 32.1 Å². The van der Waals surface area contributed by atoms with Crippen molar-refractivity contribution in [3.05, 3.63) is 0 Å². The van der Waals surface area contributed by atoms with Gasteiger partial charge in [-0.15, -0.1) is 0 Å². The van der Waals surface area contributed by atoms with Crippen LogP contribution in [0, 0.1) is 5.92 Å². The third kappa shape index (κ3) is 4.45. The highest BCUT2D eigenvalue weighted by Crippen LogP contribution is 2.20. The summed E-state index contributed by atoms with van der Waals surface area (Å²) in [6.07, 6.45) is 7.39. The fourth-order valence-corrected chi connectivity index (χ4v) is 3.46. The molecular formula is C16H31N3O. The van der Waals surface area contributed by atoms with E-state index in [1.54, 1.807) is 0 Å². The molecule has 0 aromatic carbocycles. The molecule has 2 aliphatic heterocycles. The second-order valence-electron chi connectivity index (χ2n) is 6.49. The Hall–Kier alpha value is -0.610. The van der Waals surface area contributed by atoms with E-state index in [9.17, 15) is 4.79 Å². The van der Waals surface area contributed by atoms with E-state index < -0.39 is 0 Å². The van der Waals surface area contributed by atoms with Crippen LogP contribution < -0.4 is 5.32 Å². The molecule has 0 spiro atoms. The summed E-state index contributed by atoms with van der Waals surface area (Å²) < 4.78 is 0. The summed E-state index contributed by atoms with van der Waals surface area (Å²) in [5, 5.41) is 3.36. The molecule has 2 saturated heterocycles. The molecule has 116 valence electrons. The van der Waals surface area contributed by atoms with Gasteiger partial charge in [0, 0.05) is 19.1 Å². The van der Waals surface area contributed by atoms with E-state index >= 15 is 0 Å². The number of carbonyl (C=O) groups is 1. The first-order valence-corrected chi connectivity index (χ1v) is 8.38. The summed E-state index contributed by atoms with van der Waals surface area (Å²) in [6.45, 7) is 7.02. The number of nitrogens with one attached hydrogen (secondary N) is 1. The first-order valence-electron chi connectivity index (χ1n) is 8.38. The van der Waals surface area contributed by atoms with E-state index in [1.807, 2.05) is 7.05 Å². The monoisotopic (exact) mass is 281 g/mol. The van der Waals surface area contributed by atoms with Crippen LogP contribution in [0.25, 0.3) is 0 Å². The standard InChI is InChI=1S/C16H31N3O/c1-14(17-2)15-7-11-18(12-8-15)13-16(20)19-9-5-3-4-6-10-19/h14-15,17H,3-13H2,1-2H3. The van der Waals surface area contributed by atoms with Gasteiger partial charge in [0.2, 0.25) is 5.91 Å². The maximum atomic E-state index is 12.4. The van der Waals surface area contributed by atoms with Crippen LogP contribution in [0.5, 0.6) is 0 Å². The van der Waals surface area contributed by atoms with Crippen LogP contribution in [-0.4, -0.2) is 61.5 Å². The lowest BCUT2D eigenvalue weighted by Crippen LogP contribution is -2.46. The Morgan fingerprint density at radius 2 is 1.70 bits per heavy atom. The quantitative estimate of drug-likeness (QED) is 0.852. The molecule has 2 aliphatic rings. The van der Waals surface area contributed by atoms with Crippen LogP contribution in [0.4, 0.5) is 0 Å². The van der Waals surface area contributed by atoms with E-state index in [2.05, 4.69) is 22.0 Å². The third-order valence-electron chi connectivity index (χ3n) is 5.11. The van der Waals surface area contributed by atoms with Crippen molar-refractivity contribution < 1.29 is 4.79 Å². The predicted octanol–water partition coefficient (Wildman–Crippen LogP) is 1.71. The highest BCUT2D eigenvalue weighted by Gasteiger charge is 2.25. The van der Waals surface area contributed by atoms with Crippen molar-refractivity contribution in [3.63, 3.8) is 0 Å². The molecule has 20 heavy (non-hydrogen) atoms. The van der Waals surface area contributed by atoms with Gasteiger partial charge in [-0.3, -0.25) is 9.69 Å². The highest BCUT2D eigenvalue weighted by atomic mass is 16.2. The summed E-state index contributed by atoms with van der Waals surface area (Å²) >= 11 is 0. The average Bonchev–Trinajstić information content (AvgIpc) is 2.76. The Labute approximate surface area is 123 Å². The topological polar surface area (TPSA) is 35.6 Å². The van der Waals surface area contributed by atoms with Gasteiger partial charge in [0.05, 0.1) is 6.54 Å². The first-order chi connectivity index (χ1) is 9.70. The maximum Gasteiger partial charge on any atom is 0.236 e. The zero-order valence-electron chi connectivity index (χ0n) is 13.2. The van der Waals surface area contributed by atoms with Crippen molar-refractivity contribution in [1.82, 2.24) is 15.1 Å². The molecule has 0 radical (unpaired) electrons. The molecule has 0 aromatic rings. The van der Waals surface area contributed by atoms with Crippen LogP contribution in [0.15, 0.2) is 0 Å². The number of rotatable bonds is 4. The molecule has 2 heterocycles. The van der Waals surface area contributed by atoms with Gasteiger partial charge >= 0.3 is 0 Å². The highest BCUT2D eigenvalue weighted by molar-refractivity contribution is 5.78. The Bertz CT molecular complexity index is 292. The molecule has 2 rings (SSSR count). The number of nitrogens with zero attached hydrogens (tertiary/aromatic N) is 2. The van der Waals surface area contributed by atoms with Crippen molar-refractivity contribution in [2.24, 2.45) is 5.92 Å². The molecule has 1 unspecified atom stereocenters. The van der Waals surface area contributed by atoms with Crippen molar-refractivity contribution >= 4 is 5.91 Å². The minimum atomic E-state index is 0.354. The number of hydrogen-bond donors (Lipinski definition) is 1. The predicted molar refractivity (Wildman–Crippen MR) is 82.7 cm³/mol. The summed E-state index contributed by atoms with van der Waals surface area (Å²) in [4.78, 5) is 16.8. The molecule has 1 N–H and O–H groups in total. The van der Waals surface area contributed by atoms with Gasteiger partial charge in [0.25, 0.3) is 0 Å². The summed E-state index contributed by atoms with van der Waals surface area (Å²) in [6, 6.07) is 0.596. The molecule has 4 nitrogen and oxygen atoms in total. The molecule has 4 heteroatoms. The van der Waals surface area contributed by atoms with E-state index in [1.165, 1.54) is 38.5 Å². The number of carbonyl (C=O) groups excluding carboxylic acids is 1. The van der Waals surface area contributed by atoms with Gasteiger partial charge in [-0.25, -0.2) is 0 Å². The van der Waals surface area contributed by atoms with Crippen LogP contribution >= 0.6 is 0 Å². The minimum absolute atomic E-state index is 0.354. The number of piperidine rings is 1. The molecule has 1 atom stereocenters. The summed E-state index contributed by atoms with van der Waals surface area (Å²) in [7, 11) is 2.04. The third-order valence-corrected chi connectivity index (χ3v) is 5.11. The van der Waals surface area contributed by atoms with Gasteiger partial charge in [0.1, 0.15) is 0 Å². The largest absolute Gasteiger partial charge is 0.342 e. The Morgan fingerprint density at radius 3 is 2.25 bits per heavy atom. The molecule has 0 aromatic heterocycles. The van der Waals surface area contributed by atoms with Crippen LogP contribution in [0.1, 0.15) is 45.4 Å². The van der Waals surface area contributed by atoms with E-state index in [0.29, 0.717) is 18.5 Å². The lowest BCUT2D eigenvalue weighted by atomic mass is 9.90. The molecule has 0 saturated carbocycles. The lowest BCUT2D eigenvalue weighted by molar-refractivity contribution is -0.132. The fraction of sp³-hybridized carbons (Fsp3) is 0.938. The first kappa shape index (κ1) is 15.8. The van der Waals surface area contributed by atoms with Crippen LogP contribution in [0.3, 0.4) is 0 Å². The normalized spacial score (nSPS) is 24.4. The number of hydrogen-bond acceptors (Lipinski definition) is 3. The van der Waals surface area contributed by atoms with E-state index in [-0.39, 0.29) is 0 Å². The zero-order chi connectivity index (χ0) is 14.4.